The van der Waals surface area contributed by atoms with E-state index in [0.717, 1.165) is 16.9 Å². The lowest BCUT2D eigenvalue weighted by atomic mass is 10.2. The van der Waals surface area contributed by atoms with Crippen molar-refractivity contribution in [2.24, 2.45) is 0 Å². The van der Waals surface area contributed by atoms with Gasteiger partial charge < -0.3 is 18.7 Å². The van der Waals surface area contributed by atoms with Crippen molar-refractivity contribution in [3.63, 3.8) is 0 Å². The number of methoxy groups -OCH3 is 2. The first kappa shape index (κ1) is 18.8. The molecule has 0 unspecified atom stereocenters. The number of rotatable bonds is 7. The molecule has 3 rings (SSSR count). The summed E-state index contributed by atoms with van der Waals surface area (Å²) in [4.78, 5) is 4.35. The van der Waals surface area contributed by atoms with Crippen LogP contribution in [0.3, 0.4) is 0 Å². The standard InChI is InChI=1S/C20H19ClN2O4/c1-4-26-18-12-13(5-10-17(18)25-3)11-16(21)20-22-19(23-27-20)14-6-8-15(24-2)9-7-14/h5-12H,4H2,1-3H3/b16-11-. The topological polar surface area (TPSA) is 66.6 Å². The molecule has 2 aromatic carbocycles. The van der Waals surface area contributed by atoms with Crippen molar-refractivity contribution in [2.75, 3.05) is 20.8 Å². The van der Waals surface area contributed by atoms with Gasteiger partial charge in [0.1, 0.15) is 10.8 Å². The van der Waals surface area contributed by atoms with Crippen LogP contribution in [-0.4, -0.2) is 31.0 Å². The number of hydrogen-bond donors (Lipinski definition) is 0. The molecule has 0 fully saturated rings. The molecule has 0 aliphatic rings. The Bertz CT molecular complexity index is 935. The second kappa shape index (κ2) is 8.60. The second-order valence-electron chi connectivity index (χ2n) is 5.49. The quantitative estimate of drug-likeness (QED) is 0.576. The van der Waals surface area contributed by atoms with Gasteiger partial charge in [-0.3, -0.25) is 0 Å². The Morgan fingerprint density at radius 2 is 1.85 bits per heavy atom. The van der Waals surface area contributed by atoms with E-state index in [1.165, 1.54) is 0 Å². The van der Waals surface area contributed by atoms with Gasteiger partial charge in [-0.25, -0.2) is 0 Å². The number of benzene rings is 2. The summed E-state index contributed by atoms with van der Waals surface area (Å²) < 4.78 is 21.3. The first-order valence-electron chi connectivity index (χ1n) is 8.31. The molecule has 27 heavy (non-hydrogen) atoms. The third-order valence-corrected chi connectivity index (χ3v) is 4.03. The minimum Gasteiger partial charge on any atom is -0.497 e. The molecule has 6 nitrogen and oxygen atoms in total. The van der Waals surface area contributed by atoms with Crippen LogP contribution < -0.4 is 14.2 Å². The van der Waals surface area contributed by atoms with Crippen LogP contribution in [0, 0.1) is 0 Å². The number of hydrogen-bond acceptors (Lipinski definition) is 6. The smallest absolute Gasteiger partial charge is 0.269 e. The Labute approximate surface area is 162 Å². The summed E-state index contributed by atoms with van der Waals surface area (Å²) in [5.41, 5.74) is 1.63. The van der Waals surface area contributed by atoms with E-state index in [4.69, 9.17) is 30.3 Å². The maximum atomic E-state index is 6.37. The number of halogens is 1. The first-order valence-corrected chi connectivity index (χ1v) is 8.69. The maximum Gasteiger partial charge on any atom is 0.269 e. The van der Waals surface area contributed by atoms with Gasteiger partial charge in [0.2, 0.25) is 5.82 Å². The average Bonchev–Trinajstić information content (AvgIpc) is 3.19. The Balaban J connectivity index is 1.84. The molecule has 0 bridgehead atoms. The summed E-state index contributed by atoms with van der Waals surface area (Å²) >= 11 is 6.37. The van der Waals surface area contributed by atoms with E-state index in [1.54, 1.807) is 20.3 Å². The van der Waals surface area contributed by atoms with E-state index in [1.807, 2.05) is 49.4 Å². The van der Waals surface area contributed by atoms with Crippen LogP contribution in [0.1, 0.15) is 18.4 Å². The molecule has 0 atom stereocenters. The fraction of sp³-hybridized carbons (Fsp3) is 0.200. The second-order valence-corrected chi connectivity index (χ2v) is 5.89. The lowest BCUT2D eigenvalue weighted by Crippen LogP contribution is -1.95. The summed E-state index contributed by atoms with van der Waals surface area (Å²) in [6.07, 6.45) is 1.73. The maximum absolute atomic E-state index is 6.37. The van der Waals surface area contributed by atoms with Gasteiger partial charge in [-0.05, 0) is 55.0 Å². The van der Waals surface area contributed by atoms with Crippen molar-refractivity contribution in [2.45, 2.75) is 6.92 Å². The van der Waals surface area contributed by atoms with Crippen LogP contribution in [0.5, 0.6) is 17.2 Å². The third kappa shape index (κ3) is 4.41. The minimum absolute atomic E-state index is 0.233. The normalized spacial score (nSPS) is 11.3. The molecular formula is C20H19ClN2O4. The third-order valence-electron chi connectivity index (χ3n) is 3.76. The molecule has 0 radical (unpaired) electrons. The van der Waals surface area contributed by atoms with Crippen LogP contribution in [0.2, 0.25) is 0 Å². The highest BCUT2D eigenvalue weighted by Gasteiger charge is 2.12. The van der Waals surface area contributed by atoms with Gasteiger partial charge in [0.05, 0.1) is 20.8 Å². The first-order chi connectivity index (χ1) is 13.1. The van der Waals surface area contributed by atoms with Gasteiger partial charge in [0.25, 0.3) is 5.89 Å². The highest BCUT2D eigenvalue weighted by Crippen LogP contribution is 2.31. The highest BCUT2D eigenvalue weighted by atomic mass is 35.5. The Morgan fingerprint density at radius 3 is 2.52 bits per heavy atom. The van der Waals surface area contributed by atoms with Crippen LogP contribution in [0.25, 0.3) is 22.5 Å². The van der Waals surface area contributed by atoms with Crippen molar-refractivity contribution in [1.29, 1.82) is 0 Å². The molecule has 0 spiro atoms. The van der Waals surface area contributed by atoms with Crippen molar-refractivity contribution < 1.29 is 18.7 Å². The lowest BCUT2D eigenvalue weighted by Gasteiger charge is -2.09. The summed E-state index contributed by atoms with van der Waals surface area (Å²) in [5.74, 6) is 2.73. The molecule has 3 aromatic rings. The number of nitrogens with zero attached hydrogens (tertiary/aromatic N) is 2. The molecule has 0 amide bonds. The summed E-state index contributed by atoms with van der Waals surface area (Å²) in [7, 11) is 3.21. The average molecular weight is 387 g/mol. The predicted octanol–water partition coefficient (Wildman–Crippen LogP) is 4.89. The van der Waals surface area contributed by atoms with Crippen LogP contribution in [0.15, 0.2) is 47.0 Å². The molecule has 0 aliphatic heterocycles. The fourth-order valence-corrected chi connectivity index (χ4v) is 2.64. The summed E-state index contributed by atoms with van der Waals surface area (Å²) in [6, 6.07) is 12.9. The van der Waals surface area contributed by atoms with Gasteiger partial charge >= 0.3 is 0 Å². The molecule has 1 heterocycles. The van der Waals surface area contributed by atoms with E-state index in [2.05, 4.69) is 10.1 Å². The Kier molecular flexibility index (Phi) is 5.98. The summed E-state index contributed by atoms with van der Waals surface area (Å²) in [6.45, 7) is 2.44. The van der Waals surface area contributed by atoms with Crippen molar-refractivity contribution in [3.05, 3.63) is 53.9 Å². The van der Waals surface area contributed by atoms with Crippen LogP contribution in [0.4, 0.5) is 0 Å². The molecule has 0 aliphatic carbocycles. The fourth-order valence-electron chi connectivity index (χ4n) is 2.44. The Hall–Kier alpha value is -2.99. The number of ether oxygens (including phenoxy) is 3. The monoisotopic (exact) mass is 386 g/mol. The summed E-state index contributed by atoms with van der Waals surface area (Å²) in [5, 5.41) is 4.31. The van der Waals surface area contributed by atoms with E-state index in [-0.39, 0.29) is 5.89 Å². The van der Waals surface area contributed by atoms with Crippen molar-refractivity contribution in [3.8, 4) is 28.6 Å². The zero-order valence-electron chi connectivity index (χ0n) is 15.2. The van der Waals surface area contributed by atoms with Gasteiger partial charge in [-0.1, -0.05) is 22.8 Å². The van der Waals surface area contributed by atoms with E-state index >= 15 is 0 Å². The highest BCUT2D eigenvalue weighted by molar-refractivity contribution is 6.50. The van der Waals surface area contributed by atoms with Crippen molar-refractivity contribution in [1.82, 2.24) is 10.1 Å². The van der Waals surface area contributed by atoms with E-state index in [9.17, 15) is 0 Å². The van der Waals surface area contributed by atoms with Gasteiger partial charge in [0.15, 0.2) is 11.5 Å². The molecule has 140 valence electrons. The van der Waals surface area contributed by atoms with Crippen LogP contribution >= 0.6 is 11.6 Å². The predicted molar refractivity (Wildman–Crippen MR) is 104 cm³/mol. The minimum atomic E-state index is 0.233. The Morgan fingerprint density at radius 1 is 1.07 bits per heavy atom. The molecule has 0 saturated carbocycles. The van der Waals surface area contributed by atoms with Gasteiger partial charge in [0, 0.05) is 5.56 Å². The largest absolute Gasteiger partial charge is 0.497 e. The molecule has 1 aromatic heterocycles. The van der Waals surface area contributed by atoms with Crippen LogP contribution in [-0.2, 0) is 0 Å². The van der Waals surface area contributed by atoms with Gasteiger partial charge in [-0.15, -0.1) is 0 Å². The SMILES string of the molecule is CCOc1cc(/C=C(\Cl)c2nc(-c3ccc(OC)cc3)no2)ccc1OC. The molecule has 7 heteroatoms. The van der Waals surface area contributed by atoms with E-state index in [0.29, 0.717) is 29.0 Å². The van der Waals surface area contributed by atoms with E-state index < -0.39 is 0 Å². The zero-order valence-corrected chi connectivity index (χ0v) is 16.0. The molecule has 0 N–H and O–H groups in total. The van der Waals surface area contributed by atoms with Gasteiger partial charge in [-0.2, -0.15) is 4.98 Å². The zero-order chi connectivity index (χ0) is 19.2. The molecule has 0 saturated heterocycles. The molecular weight excluding hydrogens is 368 g/mol. The number of aromatic nitrogens is 2. The van der Waals surface area contributed by atoms with Crippen molar-refractivity contribution >= 4 is 22.7 Å². The lowest BCUT2D eigenvalue weighted by molar-refractivity contribution is 0.311.